The molecule has 0 spiro atoms. The predicted molar refractivity (Wildman–Crippen MR) is 115 cm³/mol. The Labute approximate surface area is 169 Å². The van der Waals surface area contributed by atoms with Crippen LogP contribution in [-0.2, 0) is 6.54 Å². The lowest BCUT2D eigenvalue weighted by Gasteiger charge is -2.13. The van der Waals surface area contributed by atoms with Gasteiger partial charge in [0.1, 0.15) is 0 Å². The Bertz CT molecular complexity index is 984. The first-order valence-corrected chi connectivity index (χ1v) is 10.2. The van der Waals surface area contributed by atoms with Crippen LogP contribution in [0.15, 0.2) is 77.7 Å². The second-order valence-electron chi connectivity index (χ2n) is 6.37. The maximum Gasteiger partial charge on any atom is 0.256 e. The van der Waals surface area contributed by atoms with Gasteiger partial charge in [0.15, 0.2) is 0 Å². The highest BCUT2D eigenvalue weighted by molar-refractivity contribution is 7.98. The summed E-state index contributed by atoms with van der Waals surface area (Å²) >= 11 is 1.51. The van der Waals surface area contributed by atoms with Gasteiger partial charge < -0.3 is 10.6 Å². The van der Waals surface area contributed by atoms with E-state index in [2.05, 4.69) is 10.6 Å². The first-order valence-electron chi connectivity index (χ1n) is 8.95. The van der Waals surface area contributed by atoms with Crippen molar-refractivity contribution >= 4 is 29.3 Å². The third-order valence-corrected chi connectivity index (χ3v) is 5.14. The number of hydrogen-bond donors (Lipinski definition) is 2. The van der Waals surface area contributed by atoms with Crippen molar-refractivity contribution in [3.8, 4) is 0 Å². The molecule has 28 heavy (non-hydrogen) atoms. The maximum atomic E-state index is 12.7. The Morgan fingerprint density at radius 1 is 0.821 bits per heavy atom. The van der Waals surface area contributed by atoms with Crippen molar-refractivity contribution in [1.29, 1.82) is 0 Å². The lowest BCUT2D eigenvalue weighted by atomic mass is 10.1. The molecule has 2 N–H and O–H groups in total. The second-order valence-corrected chi connectivity index (χ2v) is 7.22. The zero-order valence-electron chi connectivity index (χ0n) is 15.9. The summed E-state index contributed by atoms with van der Waals surface area (Å²) in [6, 6.07) is 22.4. The van der Waals surface area contributed by atoms with E-state index in [1.807, 2.05) is 55.6 Å². The van der Waals surface area contributed by atoms with E-state index in [1.165, 1.54) is 17.3 Å². The number of rotatable bonds is 6. The number of para-hydroxylation sites is 1. The average molecular weight is 391 g/mol. The number of thioether (sulfide) groups is 1. The molecule has 3 rings (SSSR count). The van der Waals surface area contributed by atoms with Gasteiger partial charge in [0, 0.05) is 11.4 Å². The van der Waals surface area contributed by atoms with Crippen LogP contribution in [0.2, 0.25) is 0 Å². The quantitative estimate of drug-likeness (QED) is 0.589. The molecule has 0 saturated carbocycles. The van der Waals surface area contributed by atoms with Gasteiger partial charge in [-0.05, 0) is 43.0 Å². The van der Waals surface area contributed by atoms with Crippen LogP contribution in [0, 0.1) is 6.92 Å². The number of carbonyl (C=O) groups is 2. The molecule has 3 aromatic carbocycles. The Hall–Kier alpha value is -3.05. The van der Waals surface area contributed by atoms with Gasteiger partial charge in [-0.3, -0.25) is 9.59 Å². The lowest BCUT2D eigenvalue weighted by molar-refractivity contribution is 0.0952. The highest BCUT2D eigenvalue weighted by atomic mass is 32.2. The van der Waals surface area contributed by atoms with Gasteiger partial charge in [-0.25, -0.2) is 0 Å². The zero-order chi connectivity index (χ0) is 19.9. The van der Waals surface area contributed by atoms with E-state index in [0.29, 0.717) is 23.4 Å². The van der Waals surface area contributed by atoms with Crippen molar-refractivity contribution in [1.82, 2.24) is 5.32 Å². The van der Waals surface area contributed by atoms with Gasteiger partial charge in [0.2, 0.25) is 0 Å². The Kier molecular flexibility index (Phi) is 6.50. The fraction of sp³-hybridized carbons (Fsp3) is 0.130. The van der Waals surface area contributed by atoms with Gasteiger partial charge in [-0.1, -0.05) is 54.1 Å². The van der Waals surface area contributed by atoms with Crippen molar-refractivity contribution < 1.29 is 9.59 Å². The minimum absolute atomic E-state index is 0.227. The number of carbonyl (C=O) groups excluding carboxylic acids is 2. The summed E-state index contributed by atoms with van der Waals surface area (Å²) < 4.78 is 0. The molecule has 0 aromatic heterocycles. The lowest BCUT2D eigenvalue weighted by Crippen LogP contribution is -2.25. The van der Waals surface area contributed by atoms with Crippen LogP contribution in [0.1, 0.15) is 31.8 Å². The highest BCUT2D eigenvalue weighted by Gasteiger charge is 2.15. The molecule has 3 aromatic rings. The van der Waals surface area contributed by atoms with Crippen molar-refractivity contribution in [2.75, 3.05) is 11.6 Å². The van der Waals surface area contributed by atoms with Crippen molar-refractivity contribution in [3.63, 3.8) is 0 Å². The molecule has 0 bridgehead atoms. The molecular weight excluding hydrogens is 368 g/mol. The molecule has 0 fully saturated rings. The van der Waals surface area contributed by atoms with E-state index in [-0.39, 0.29) is 11.8 Å². The van der Waals surface area contributed by atoms with Crippen LogP contribution in [0.5, 0.6) is 0 Å². The largest absolute Gasteiger partial charge is 0.348 e. The number of aryl methyl sites for hydroxylation is 1. The van der Waals surface area contributed by atoms with Gasteiger partial charge in [0.05, 0.1) is 16.8 Å². The summed E-state index contributed by atoms with van der Waals surface area (Å²) in [6.45, 7) is 2.45. The molecule has 0 saturated heterocycles. The molecule has 0 atom stereocenters. The Balaban J connectivity index is 1.74. The molecule has 0 aliphatic carbocycles. The van der Waals surface area contributed by atoms with E-state index in [1.54, 1.807) is 30.3 Å². The number of hydrogen-bond acceptors (Lipinski definition) is 3. The minimum Gasteiger partial charge on any atom is -0.348 e. The molecule has 0 radical (unpaired) electrons. The highest BCUT2D eigenvalue weighted by Crippen LogP contribution is 2.22. The second kappa shape index (κ2) is 9.24. The van der Waals surface area contributed by atoms with Crippen LogP contribution < -0.4 is 10.6 Å². The third-order valence-electron chi connectivity index (χ3n) is 4.35. The molecule has 2 amide bonds. The van der Waals surface area contributed by atoms with Crippen LogP contribution in [0.3, 0.4) is 0 Å². The standard InChI is InChI=1S/C23H22N2O2S/c1-16-11-13-17(14-12-16)15-24-22(26)18-7-3-5-9-20(18)25-23(27)19-8-4-6-10-21(19)28-2/h3-14H,15H2,1-2H3,(H,24,26)(H,25,27). The summed E-state index contributed by atoms with van der Waals surface area (Å²) in [5.41, 5.74) is 3.71. The molecule has 0 heterocycles. The van der Waals surface area contributed by atoms with Crippen LogP contribution >= 0.6 is 11.8 Å². The summed E-state index contributed by atoms with van der Waals surface area (Å²) in [7, 11) is 0. The van der Waals surface area contributed by atoms with Gasteiger partial charge in [-0.2, -0.15) is 0 Å². The van der Waals surface area contributed by atoms with Crippen molar-refractivity contribution in [2.24, 2.45) is 0 Å². The summed E-state index contributed by atoms with van der Waals surface area (Å²) in [5, 5.41) is 5.79. The van der Waals surface area contributed by atoms with Gasteiger partial charge in [-0.15, -0.1) is 11.8 Å². The number of benzene rings is 3. The number of amides is 2. The molecule has 0 aliphatic rings. The van der Waals surface area contributed by atoms with E-state index in [0.717, 1.165) is 10.5 Å². The molecule has 4 nitrogen and oxygen atoms in total. The van der Waals surface area contributed by atoms with Crippen LogP contribution in [-0.4, -0.2) is 18.1 Å². The fourth-order valence-electron chi connectivity index (χ4n) is 2.80. The molecular formula is C23H22N2O2S. The van der Waals surface area contributed by atoms with Crippen molar-refractivity contribution in [2.45, 2.75) is 18.4 Å². The maximum absolute atomic E-state index is 12.7. The minimum atomic E-state index is -0.233. The zero-order valence-corrected chi connectivity index (χ0v) is 16.7. The van der Waals surface area contributed by atoms with Gasteiger partial charge in [0.25, 0.3) is 11.8 Å². The van der Waals surface area contributed by atoms with E-state index >= 15 is 0 Å². The first kappa shape index (κ1) is 19.7. The smallest absolute Gasteiger partial charge is 0.256 e. The van der Waals surface area contributed by atoms with E-state index in [4.69, 9.17) is 0 Å². The monoisotopic (exact) mass is 390 g/mol. The first-order chi connectivity index (χ1) is 13.6. The SMILES string of the molecule is CSc1ccccc1C(=O)Nc1ccccc1C(=O)NCc1ccc(C)cc1. The number of nitrogens with one attached hydrogen (secondary N) is 2. The summed E-state index contributed by atoms with van der Waals surface area (Å²) in [5.74, 6) is -0.460. The molecule has 142 valence electrons. The topological polar surface area (TPSA) is 58.2 Å². The normalized spacial score (nSPS) is 10.4. The Morgan fingerprint density at radius 2 is 1.46 bits per heavy atom. The summed E-state index contributed by atoms with van der Waals surface area (Å²) in [4.78, 5) is 26.3. The van der Waals surface area contributed by atoms with E-state index < -0.39 is 0 Å². The van der Waals surface area contributed by atoms with Gasteiger partial charge >= 0.3 is 0 Å². The third kappa shape index (κ3) is 4.81. The molecule has 5 heteroatoms. The van der Waals surface area contributed by atoms with Crippen molar-refractivity contribution in [3.05, 3.63) is 95.1 Å². The summed E-state index contributed by atoms with van der Waals surface area (Å²) in [6.07, 6.45) is 1.93. The Morgan fingerprint density at radius 3 is 2.18 bits per heavy atom. The van der Waals surface area contributed by atoms with Crippen LogP contribution in [0.25, 0.3) is 0 Å². The molecule has 0 unspecified atom stereocenters. The average Bonchev–Trinajstić information content (AvgIpc) is 2.73. The fourth-order valence-corrected chi connectivity index (χ4v) is 3.39. The molecule has 0 aliphatic heterocycles. The van der Waals surface area contributed by atoms with Crippen LogP contribution in [0.4, 0.5) is 5.69 Å². The predicted octanol–water partition coefficient (Wildman–Crippen LogP) is 4.90. The number of anilines is 1. The van der Waals surface area contributed by atoms with E-state index in [9.17, 15) is 9.59 Å².